The Labute approximate surface area is 153 Å². The van der Waals surface area contributed by atoms with E-state index >= 15 is 0 Å². The molecule has 0 aromatic heterocycles. The zero-order valence-electron chi connectivity index (χ0n) is 15.4. The highest BCUT2D eigenvalue weighted by molar-refractivity contribution is 6.32. The number of ether oxygens (including phenoxy) is 2. The molecule has 1 aromatic carbocycles. The number of nitrogens with zero attached hydrogens (tertiary/aromatic N) is 1. The second kappa shape index (κ2) is 6.20. The zero-order valence-corrected chi connectivity index (χ0v) is 16.2. The van der Waals surface area contributed by atoms with Gasteiger partial charge in [0.15, 0.2) is 11.5 Å². The third-order valence-electron chi connectivity index (χ3n) is 6.50. The first-order chi connectivity index (χ1) is 11.7. The largest absolute Gasteiger partial charge is 0.493 e. The molecular weight excluding hydrogens is 340 g/mol. The standard InChI is InChI=1S/C19H25ClN2O3/c1-18(2)12-6-7-19(18,3)15(10-12)21-22-17(23)11-8-13(20)16(25-5)14(9-11)24-4/h8-9,12H,6-7,10H2,1-5H3,(H,22,23)/b21-15-/t12-,19-/m1/s1. The number of hydrazone groups is 1. The second-order valence-electron chi connectivity index (χ2n) is 7.69. The molecule has 6 heteroatoms. The van der Waals surface area contributed by atoms with Crippen LogP contribution in [-0.2, 0) is 0 Å². The number of carbonyl (C=O) groups is 1. The van der Waals surface area contributed by atoms with Crippen LogP contribution in [0.2, 0.25) is 5.02 Å². The molecule has 136 valence electrons. The molecule has 2 aliphatic carbocycles. The quantitative estimate of drug-likeness (QED) is 0.811. The Hall–Kier alpha value is -1.75. The number of benzene rings is 1. The summed E-state index contributed by atoms with van der Waals surface area (Å²) < 4.78 is 10.4. The first-order valence-electron chi connectivity index (χ1n) is 8.53. The van der Waals surface area contributed by atoms with E-state index in [1.807, 2.05) is 0 Å². The van der Waals surface area contributed by atoms with Gasteiger partial charge in [0.05, 0.1) is 19.2 Å². The van der Waals surface area contributed by atoms with Crippen LogP contribution in [0.15, 0.2) is 17.2 Å². The maximum absolute atomic E-state index is 12.5. The molecule has 1 aromatic rings. The summed E-state index contributed by atoms with van der Waals surface area (Å²) in [6.45, 7) is 6.88. The number of rotatable bonds is 4. The van der Waals surface area contributed by atoms with Gasteiger partial charge < -0.3 is 9.47 Å². The summed E-state index contributed by atoms with van der Waals surface area (Å²) in [5.41, 5.74) is 4.46. The lowest BCUT2D eigenvalue weighted by Gasteiger charge is -2.34. The van der Waals surface area contributed by atoms with Gasteiger partial charge in [0.2, 0.25) is 0 Å². The lowest BCUT2D eigenvalue weighted by atomic mass is 9.70. The van der Waals surface area contributed by atoms with Gasteiger partial charge in [0, 0.05) is 16.7 Å². The van der Waals surface area contributed by atoms with Gasteiger partial charge >= 0.3 is 0 Å². The Bertz CT molecular complexity index is 744. The van der Waals surface area contributed by atoms with Crippen molar-refractivity contribution in [2.45, 2.75) is 40.0 Å². The molecule has 2 aliphatic rings. The summed E-state index contributed by atoms with van der Waals surface area (Å²) in [5, 5.41) is 4.81. The predicted molar refractivity (Wildman–Crippen MR) is 98.7 cm³/mol. The molecule has 0 heterocycles. The van der Waals surface area contributed by atoms with Gasteiger partial charge in [0.25, 0.3) is 5.91 Å². The van der Waals surface area contributed by atoms with Crippen LogP contribution in [0.5, 0.6) is 11.5 Å². The Kier molecular flexibility index (Phi) is 4.48. The van der Waals surface area contributed by atoms with Crippen LogP contribution in [0.4, 0.5) is 0 Å². The molecule has 1 N–H and O–H groups in total. The SMILES string of the molecule is COc1cc(C(=O)N/N=C2/C[C@H]3CC[C@@]2(C)C3(C)C)cc(Cl)c1OC. The van der Waals surface area contributed by atoms with Crippen LogP contribution in [0.25, 0.3) is 0 Å². The predicted octanol–water partition coefficient (Wildman–Crippen LogP) is 4.29. The maximum Gasteiger partial charge on any atom is 0.271 e. The summed E-state index contributed by atoms with van der Waals surface area (Å²) in [6.07, 6.45) is 3.32. The summed E-state index contributed by atoms with van der Waals surface area (Å²) in [7, 11) is 3.02. The molecular formula is C19H25ClN2O3. The highest BCUT2D eigenvalue weighted by Gasteiger charge is 2.60. The minimum atomic E-state index is -0.306. The molecule has 5 nitrogen and oxygen atoms in total. The van der Waals surface area contributed by atoms with Gasteiger partial charge in [-0.05, 0) is 42.7 Å². The number of carbonyl (C=O) groups excluding carboxylic acids is 1. The zero-order chi connectivity index (χ0) is 18.4. The average molecular weight is 365 g/mol. The number of hydrogen-bond donors (Lipinski definition) is 1. The number of nitrogens with one attached hydrogen (secondary N) is 1. The van der Waals surface area contributed by atoms with Gasteiger partial charge in [-0.2, -0.15) is 5.10 Å². The Morgan fingerprint density at radius 1 is 1.28 bits per heavy atom. The Morgan fingerprint density at radius 3 is 2.52 bits per heavy atom. The van der Waals surface area contributed by atoms with Gasteiger partial charge in [-0.1, -0.05) is 32.4 Å². The molecule has 3 rings (SSSR count). The van der Waals surface area contributed by atoms with Crippen LogP contribution in [-0.4, -0.2) is 25.8 Å². The van der Waals surface area contributed by atoms with E-state index in [9.17, 15) is 4.79 Å². The van der Waals surface area contributed by atoms with Crippen LogP contribution in [0, 0.1) is 16.7 Å². The Balaban J connectivity index is 1.81. The van der Waals surface area contributed by atoms with Crippen molar-refractivity contribution < 1.29 is 14.3 Å². The molecule has 2 bridgehead atoms. The van der Waals surface area contributed by atoms with E-state index in [1.54, 1.807) is 12.1 Å². The van der Waals surface area contributed by atoms with Crippen molar-refractivity contribution in [1.29, 1.82) is 0 Å². The first kappa shape index (κ1) is 18.1. The number of fused-ring (bicyclic) bond motifs is 2. The molecule has 0 unspecified atom stereocenters. The summed E-state index contributed by atoms with van der Waals surface area (Å²) in [4.78, 5) is 12.5. The van der Waals surface area contributed by atoms with E-state index in [0.717, 1.165) is 18.6 Å². The fourth-order valence-electron chi connectivity index (χ4n) is 4.33. The van der Waals surface area contributed by atoms with Gasteiger partial charge in [-0.15, -0.1) is 0 Å². The summed E-state index contributed by atoms with van der Waals surface area (Å²) >= 11 is 6.17. The van der Waals surface area contributed by atoms with Crippen LogP contribution in [0.3, 0.4) is 0 Å². The third kappa shape index (κ3) is 2.69. The second-order valence-corrected chi connectivity index (χ2v) is 8.09. The molecule has 25 heavy (non-hydrogen) atoms. The van der Waals surface area contributed by atoms with Crippen molar-refractivity contribution >= 4 is 23.2 Å². The van der Waals surface area contributed by atoms with Crippen molar-refractivity contribution in [3.8, 4) is 11.5 Å². The summed E-state index contributed by atoms with van der Waals surface area (Å²) in [6, 6.07) is 3.16. The number of amides is 1. The van der Waals surface area contributed by atoms with Gasteiger partial charge in [-0.3, -0.25) is 4.79 Å². The van der Waals surface area contributed by atoms with Crippen molar-refractivity contribution in [1.82, 2.24) is 5.43 Å². The van der Waals surface area contributed by atoms with Crippen molar-refractivity contribution in [2.24, 2.45) is 21.8 Å². The number of halogens is 1. The summed E-state index contributed by atoms with van der Waals surface area (Å²) in [5.74, 6) is 1.17. The normalized spacial score (nSPS) is 28.2. The number of methoxy groups -OCH3 is 2. The molecule has 0 spiro atoms. The van der Waals surface area contributed by atoms with Gasteiger partial charge in [0.1, 0.15) is 0 Å². The van der Waals surface area contributed by atoms with E-state index in [1.165, 1.54) is 20.6 Å². The van der Waals surface area contributed by atoms with E-state index < -0.39 is 0 Å². The lowest BCUT2D eigenvalue weighted by Crippen LogP contribution is -2.34. The Morgan fingerprint density at radius 2 is 2.00 bits per heavy atom. The van der Waals surface area contributed by atoms with E-state index in [0.29, 0.717) is 28.0 Å². The third-order valence-corrected chi connectivity index (χ3v) is 6.78. The molecule has 0 aliphatic heterocycles. The van der Waals surface area contributed by atoms with Crippen molar-refractivity contribution in [2.75, 3.05) is 14.2 Å². The molecule has 2 fully saturated rings. The van der Waals surface area contributed by atoms with Crippen LogP contribution >= 0.6 is 11.6 Å². The molecule has 0 radical (unpaired) electrons. The maximum atomic E-state index is 12.5. The minimum absolute atomic E-state index is 0.0557. The van der Waals surface area contributed by atoms with E-state index in [4.69, 9.17) is 21.1 Å². The van der Waals surface area contributed by atoms with Crippen LogP contribution in [0.1, 0.15) is 50.4 Å². The topological polar surface area (TPSA) is 59.9 Å². The molecule has 2 atom stereocenters. The highest BCUT2D eigenvalue weighted by Crippen LogP contribution is 2.63. The van der Waals surface area contributed by atoms with Gasteiger partial charge in [-0.25, -0.2) is 5.43 Å². The van der Waals surface area contributed by atoms with Crippen LogP contribution < -0.4 is 14.9 Å². The minimum Gasteiger partial charge on any atom is -0.493 e. The highest BCUT2D eigenvalue weighted by atomic mass is 35.5. The monoisotopic (exact) mass is 364 g/mol. The van der Waals surface area contributed by atoms with E-state index in [-0.39, 0.29) is 16.7 Å². The van der Waals surface area contributed by atoms with Crippen molar-refractivity contribution in [3.05, 3.63) is 22.7 Å². The first-order valence-corrected chi connectivity index (χ1v) is 8.91. The fraction of sp³-hybridized carbons (Fsp3) is 0.579. The average Bonchev–Trinajstić information content (AvgIpc) is 2.91. The molecule has 1 amide bonds. The molecule has 0 saturated heterocycles. The van der Waals surface area contributed by atoms with Crippen molar-refractivity contribution in [3.63, 3.8) is 0 Å². The van der Waals surface area contributed by atoms with E-state index in [2.05, 4.69) is 31.3 Å². The smallest absolute Gasteiger partial charge is 0.271 e. The fourth-order valence-corrected chi connectivity index (χ4v) is 4.62. The number of hydrogen-bond acceptors (Lipinski definition) is 4. The lowest BCUT2D eigenvalue weighted by molar-refractivity contribution is 0.0953. The molecule has 2 saturated carbocycles.